The highest BCUT2D eigenvalue weighted by molar-refractivity contribution is 7.07. The Morgan fingerprint density at radius 2 is 1.74 bits per heavy atom. The summed E-state index contributed by atoms with van der Waals surface area (Å²) in [5.74, 6) is -0.133. The Hall–Kier alpha value is -2.22. The first-order chi connectivity index (χ1) is 11.1. The summed E-state index contributed by atoms with van der Waals surface area (Å²) in [5, 5.41) is 6.00. The zero-order valence-corrected chi connectivity index (χ0v) is 14.0. The number of amides is 2. The molecule has 7 nitrogen and oxygen atoms in total. The lowest BCUT2D eigenvalue weighted by Gasteiger charge is -2.21. The van der Waals surface area contributed by atoms with Gasteiger partial charge in [-0.15, -0.1) is 11.3 Å². The van der Waals surface area contributed by atoms with E-state index in [1.807, 2.05) is 14.0 Å². The lowest BCUT2D eigenvalue weighted by atomic mass is 10.3. The predicted molar refractivity (Wildman–Crippen MR) is 86.5 cm³/mol. The molecule has 0 aromatic carbocycles. The van der Waals surface area contributed by atoms with E-state index in [4.69, 9.17) is 0 Å². The monoisotopic (exact) mass is 333 g/mol. The SMILES string of the molecule is Cc1cc(C(=O)N2CCCN(C(=O)c3cscn3)CC2)nn1C. The van der Waals surface area contributed by atoms with Crippen LogP contribution in [-0.4, -0.2) is 62.6 Å². The number of carbonyl (C=O) groups is 2. The molecule has 2 amide bonds. The highest BCUT2D eigenvalue weighted by atomic mass is 32.1. The van der Waals surface area contributed by atoms with Crippen LogP contribution in [0.1, 0.15) is 33.1 Å². The number of aryl methyl sites for hydroxylation is 2. The minimum absolute atomic E-state index is 0.0609. The molecule has 23 heavy (non-hydrogen) atoms. The molecule has 0 atom stereocenters. The summed E-state index contributed by atoms with van der Waals surface area (Å²) in [7, 11) is 1.82. The first-order valence-corrected chi connectivity index (χ1v) is 8.48. The number of nitrogens with zero attached hydrogens (tertiary/aromatic N) is 5. The van der Waals surface area contributed by atoms with Gasteiger partial charge in [-0.3, -0.25) is 14.3 Å². The molecule has 3 heterocycles. The van der Waals surface area contributed by atoms with E-state index in [1.54, 1.807) is 31.4 Å². The third-order valence-corrected chi connectivity index (χ3v) is 4.64. The summed E-state index contributed by atoms with van der Waals surface area (Å²) in [6, 6.07) is 1.80. The van der Waals surface area contributed by atoms with Crippen LogP contribution in [0.25, 0.3) is 0 Å². The first kappa shape index (κ1) is 15.7. The van der Waals surface area contributed by atoms with Crippen molar-refractivity contribution in [1.82, 2.24) is 24.6 Å². The highest BCUT2D eigenvalue weighted by Gasteiger charge is 2.25. The van der Waals surface area contributed by atoms with E-state index >= 15 is 0 Å². The summed E-state index contributed by atoms with van der Waals surface area (Å²) in [5.41, 5.74) is 3.55. The summed E-state index contributed by atoms with van der Waals surface area (Å²) in [6.07, 6.45) is 0.757. The maximum Gasteiger partial charge on any atom is 0.274 e. The van der Waals surface area contributed by atoms with Gasteiger partial charge in [0.15, 0.2) is 5.69 Å². The smallest absolute Gasteiger partial charge is 0.274 e. The van der Waals surface area contributed by atoms with Crippen molar-refractivity contribution in [3.05, 3.63) is 34.0 Å². The normalized spacial score (nSPS) is 15.6. The van der Waals surface area contributed by atoms with E-state index in [1.165, 1.54) is 11.3 Å². The fourth-order valence-corrected chi connectivity index (χ4v) is 3.16. The summed E-state index contributed by atoms with van der Waals surface area (Å²) < 4.78 is 1.70. The van der Waals surface area contributed by atoms with Crippen molar-refractivity contribution in [2.24, 2.45) is 7.05 Å². The molecule has 0 spiro atoms. The second-order valence-electron chi connectivity index (χ2n) is 5.61. The van der Waals surface area contributed by atoms with E-state index in [-0.39, 0.29) is 11.8 Å². The molecule has 1 aliphatic rings. The van der Waals surface area contributed by atoms with Crippen LogP contribution in [0.5, 0.6) is 0 Å². The van der Waals surface area contributed by atoms with Gasteiger partial charge in [0.1, 0.15) is 5.69 Å². The summed E-state index contributed by atoms with van der Waals surface area (Å²) >= 11 is 1.41. The molecule has 0 radical (unpaired) electrons. The molecule has 0 unspecified atom stereocenters. The number of hydrogen-bond acceptors (Lipinski definition) is 5. The highest BCUT2D eigenvalue weighted by Crippen LogP contribution is 2.12. The van der Waals surface area contributed by atoms with E-state index in [0.29, 0.717) is 37.6 Å². The van der Waals surface area contributed by atoms with Crippen molar-refractivity contribution < 1.29 is 9.59 Å². The Bertz CT molecular complexity index is 690. The maximum absolute atomic E-state index is 12.6. The van der Waals surface area contributed by atoms with Crippen LogP contribution < -0.4 is 0 Å². The number of rotatable bonds is 2. The summed E-state index contributed by atoms with van der Waals surface area (Å²) in [4.78, 5) is 32.5. The van der Waals surface area contributed by atoms with Gasteiger partial charge in [-0.05, 0) is 19.4 Å². The number of carbonyl (C=O) groups excluding carboxylic acids is 2. The standard InChI is InChI=1S/C15H19N5O2S/c1-11-8-12(17-18(11)2)14(21)19-4-3-5-20(7-6-19)15(22)13-9-23-10-16-13/h8-10H,3-7H2,1-2H3. The zero-order chi connectivity index (χ0) is 16.4. The molecule has 2 aromatic rings. The van der Waals surface area contributed by atoms with Crippen molar-refractivity contribution in [2.75, 3.05) is 26.2 Å². The molecule has 1 saturated heterocycles. The minimum Gasteiger partial charge on any atom is -0.335 e. The fraction of sp³-hybridized carbons (Fsp3) is 0.467. The molecule has 1 fully saturated rings. The van der Waals surface area contributed by atoms with Gasteiger partial charge in [0.2, 0.25) is 0 Å². The van der Waals surface area contributed by atoms with Gasteiger partial charge in [0, 0.05) is 44.3 Å². The van der Waals surface area contributed by atoms with Gasteiger partial charge < -0.3 is 9.80 Å². The molecule has 3 rings (SSSR count). The molecular formula is C15H19N5O2S. The molecule has 122 valence electrons. The molecule has 0 bridgehead atoms. The number of aromatic nitrogens is 3. The lowest BCUT2D eigenvalue weighted by Crippen LogP contribution is -2.37. The average molecular weight is 333 g/mol. The predicted octanol–water partition coefficient (Wildman–Crippen LogP) is 1.17. The zero-order valence-electron chi connectivity index (χ0n) is 13.2. The summed E-state index contributed by atoms with van der Waals surface area (Å²) in [6.45, 7) is 4.23. The van der Waals surface area contributed by atoms with Crippen LogP contribution in [-0.2, 0) is 7.05 Å². The molecular weight excluding hydrogens is 314 g/mol. The Balaban J connectivity index is 1.66. The third kappa shape index (κ3) is 3.26. The van der Waals surface area contributed by atoms with Crippen molar-refractivity contribution in [3.8, 4) is 0 Å². The fourth-order valence-electron chi connectivity index (χ4n) is 2.63. The molecule has 0 aliphatic carbocycles. The van der Waals surface area contributed by atoms with Crippen LogP contribution >= 0.6 is 11.3 Å². The van der Waals surface area contributed by atoms with E-state index < -0.39 is 0 Å². The van der Waals surface area contributed by atoms with Gasteiger partial charge in [-0.2, -0.15) is 5.10 Å². The van der Waals surface area contributed by atoms with Crippen molar-refractivity contribution in [3.63, 3.8) is 0 Å². The average Bonchev–Trinajstić information content (AvgIpc) is 3.10. The van der Waals surface area contributed by atoms with Crippen LogP contribution in [0, 0.1) is 6.92 Å². The molecule has 0 N–H and O–H groups in total. The van der Waals surface area contributed by atoms with Gasteiger partial charge in [0.05, 0.1) is 5.51 Å². The quantitative estimate of drug-likeness (QED) is 0.827. The van der Waals surface area contributed by atoms with Crippen LogP contribution in [0.3, 0.4) is 0 Å². The number of hydrogen-bond donors (Lipinski definition) is 0. The van der Waals surface area contributed by atoms with Gasteiger partial charge in [-0.25, -0.2) is 4.98 Å². The largest absolute Gasteiger partial charge is 0.335 e. The van der Waals surface area contributed by atoms with Gasteiger partial charge in [-0.1, -0.05) is 0 Å². The first-order valence-electron chi connectivity index (χ1n) is 7.53. The van der Waals surface area contributed by atoms with Crippen molar-refractivity contribution in [2.45, 2.75) is 13.3 Å². The molecule has 0 saturated carbocycles. The second-order valence-corrected chi connectivity index (χ2v) is 6.32. The Kier molecular flexibility index (Phi) is 4.42. The second kappa shape index (κ2) is 6.49. The van der Waals surface area contributed by atoms with Crippen LogP contribution in [0.4, 0.5) is 0 Å². The van der Waals surface area contributed by atoms with Gasteiger partial charge in [0.25, 0.3) is 11.8 Å². The van der Waals surface area contributed by atoms with Crippen molar-refractivity contribution in [1.29, 1.82) is 0 Å². The molecule has 1 aliphatic heterocycles. The van der Waals surface area contributed by atoms with E-state index in [0.717, 1.165) is 12.1 Å². The molecule has 2 aromatic heterocycles. The Morgan fingerprint density at radius 3 is 2.26 bits per heavy atom. The Morgan fingerprint density at radius 1 is 1.09 bits per heavy atom. The third-order valence-electron chi connectivity index (χ3n) is 4.05. The van der Waals surface area contributed by atoms with E-state index in [9.17, 15) is 9.59 Å². The Labute approximate surface area is 138 Å². The topological polar surface area (TPSA) is 71.3 Å². The molecule has 8 heteroatoms. The van der Waals surface area contributed by atoms with Gasteiger partial charge >= 0.3 is 0 Å². The van der Waals surface area contributed by atoms with E-state index in [2.05, 4.69) is 10.1 Å². The maximum atomic E-state index is 12.6. The van der Waals surface area contributed by atoms with Crippen molar-refractivity contribution >= 4 is 23.2 Å². The van der Waals surface area contributed by atoms with Crippen LogP contribution in [0.15, 0.2) is 17.0 Å². The van der Waals surface area contributed by atoms with Crippen LogP contribution in [0.2, 0.25) is 0 Å². The number of thiazole rings is 1. The minimum atomic E-state index is -0.0725. The lowest BCUT2D eigenvalue weighted by molar-refractivity contribution is 0.0713.